The summed E-state index contributed by atoms with van der Waals surface area (Å²) in [4.78, 5) is 127. The summed E-state index contributed by atoms with van der Waals surface area (Å²) in [6.45, 7) is 1.44. The van der Waals surface area contributed by atoms with Crippen molar-refractivity contribution in [2.75, 3.05) is 23.4 Å². The Hall–Kier alpha value is -8.24. The summed E-state index contributed by atoms with van der Waals surface area (Å²) in [6.07, 6.45) is 0.412. The molecular formula is C59H72ClN13O11S2. The van der Waals surface area contributed by atoms with Crippen LogP contribution in [0, 0.1) is 0 Å². The molecule has 0 saturated carbocycles. The molecule has 0 aliphatic rings. The molecule has 1 aromatic heterocycles. The van der Waals surface area contributed by atoms with Gasteiger partial charge in [0.2, 0.25) is 47.3 Å². The molecule has 10 amide bonds. The number of halogens is 1. The number of aromatic amines is 1. The minimum Gasteiger partial charge on any atom is -0.391 e. The summed E-state index contributed by atoms with van der Waals surface area (Å²) in [5.41, 5.74) is 22.6. The fourth-order valence-corrected chi connectivity index (χ4v) is 9.93. The van der Waals surface area contributed by atoms with Gasteiger partial charge in [-0.2, -0.15) is 25.3 Å². The Morgan fingerprint density at radius 3 is 1.70 bits per heavy atom. The number of para-hydroxylation sites is 1. The van der Waals surface area contributed by atoms with Crippen molar-refractivity contribution in [2.45, 2.75) is 106 Å². The SMILES string of the molecule is C[C@@H](O)[C@H](NC(=O)[C@H](CCCCN)NC(=O)[C@@H](Cc1c[nH]c2ccccc12)NC(=O)[C@H](Cc1ccc(NC(=O)NO)cc1)NC(=O)[C@@H](CS)NC(=O)[C@@H](N)Cc1ccc(Cl)cc1)C(=O)N[C@@H](CS)C(=O)N[C@@H](Cc1ccc2ccccc2c1)C(N)=O. The summed E-state index contributed by atoms with van der Waals surface area (Å²) >= 11 is 14.6. The maximum absolute atomic E-state index is 14.9. The Bertz CT molecular complexity index is 3340. The van der Waals surface area contributed by atoms with Crippen LogP contribution in [0.5, 0.6) is 0 Å². The van der Waals surface area contributed by atoms with Crippen LogP contribution in [0.4, 0.5) is 10.5 Å². The average molecular weight is 1240 g/mol. The Morgan fingerprint density at radius 2 is 1.08 bits per heavy atom. The summed E-state index contributed by atoms with van der Waals surface area (Å²) in [7, 11) is 0. The van der Waals surface area contributed by atoms with Gasteiger partial charge in [-0.05, 0) is 103 Å². The van der Waals surface area contributed by atoms with E-state index in [9.17, 15) is 48.3 Å². The predicted octanol–water partition coefficient (Wildman–Crippen LogP) is 1.33. The van der Waals surface area contributed by atoms with Gasteiger partial charge in [-0.3, -0.25) is 43.6 Å². The summed E-state index contributed by atoms with van der Waals surface area (Å²) < 4.78 is 0. The van der Waals surface area contributed by atoms with Crippen LogP contribution >= 0.6 is 36.9 Å². The lowest BCUT2D eigenvalue weighted by molar-refractivity contribution is -0.136. The number of nitrogens with one attached hydrogen (secondary N) is 10. The third-order valence-electron chi connectivity index (χ3n) is 14.0. The van der Waals surface area contributed by atoms with Crippen molar-refractivity contribution >= 4 is 118 Å². The smallest absolute Gasteiger partial charge is 0.342 e. The third-order valence-corrected chi connectivity index (χ3v) is 15.0. The summed E-state index contributed by atoms with van der Waals surface area (Å²) in [5, 5.41) is 43.8. The van der Waals surface area contributed by atoms with Crippen molar-refractivity contribution in [3.63, 3.8) is 0 Å². The molecule has 0 radical (unpaired) electrons. The molecule has 0 unspecified atom stereocenters. The highest BCUT2D eigenvalue weighted by molar-refractivity contribution is 7.80. The molecule has 0 fully saturated rings. The molecule has 18 N–H and O–H groups in total. The lowest BCUT2D eigenvalue weighted by atomic mass is 10.0. The first-order chi connectivity index (χ1) is 41.2. The van der Waals surface area contributed by atoms with Crippen LogP contribution in [0.1, 0.15) is 48.4 Å². The van der Waals surface area contributed by atoms with E-state index in [1.54, 1.807) is 60.8 Å². The normalized spacial score (nSPS) is 14.3. The second-order valence-electron chi connectivity index (χ2n) is 20.5. The molecule has 6 aromatic rings. The predicted molar refractivity (Wildman–Crippen MR) is 332 cm³/mol. The Morgan fingerprint density at radius 1 is 0.570 bits per heavy atom. The zero-order valence-electron chi connectivity index (χ0n) is 46.9. The van der Waals surface area contributed by atoms with Crippen LogP contribution in [-0.2, 0) is 64.0 Å². The minimum atomic E-state index is -1.72. The molecule has 86 heavy (non-hydrogen) atoms. The summed E-state index contributed by atoms with van der Waals surface area (Å²) in [6, 6.07) is 20.9. The number of thiol groups is 2. The number of anilines is 1. The van der Waals surface area contributed by atoms with Crippen LogP contribution in [0.15, 0.2) is 121 Å². The van der Waals surface area contributed by atoms with Crippen molar-refractivity contribution < 1.29 is 53.5 Å². The average Bonchev–Trinajstić information content (AvgIpc) is 4.15. The molecule has 0 aliphatic heterocycles. The highest BCUT2D eigenvalue weighted by Gasteiger charge is 2.36. The molecule has 0 saturated heterocycles. The first-order valence-electron chi connectivity index (χ1n) is 27.5. The number of rotatable bonds is 31. The zero-order valence-corrected chi connectivity index (χ0v) is 49.4. The van der Waals surface area contributed by atoms with E-state index >= 15 is 0 Å². The zero-order chi connectivity index (χ0) is 62.5. The van der Waals surface area contributed by atoms with Crippen LogP contribution in [0.25, 0.3) is 21.7 Å². The van der Waals surface area contributed by atoms with E-state index in [-0.39, 0.29) is 62.3 Å². The van der Waals surface area contributed by atoms with E-state index in [1.807, 2.05) is 36.4 Å². The molecule has 0 aliphatic carbocycles. The van der Waals surface area contributed by atoms with Gasteiger partial charge in [-0.15, -0.1) is 0 Å². The number of H-pyrrole nitrogens is 1. The minimum absolute atomic E-state index is 0.0242. The number of carbonyl (C=O) groups is 9. The largest absolute Gasteiger partial charge is 0.391 e. The molecule has 27 heteroatoms. The Kier molecular flexibility index (Phi) is 25.6. The first-order valence-corrected chi connectivity index (χ1v) is 29.2. The molecular weight excluding hydrogens is 1170 g/mol. The number of carbonyl (C=O) groups excluding carboxylic acids is 9. The number of urea groups is 1. The standard InChI is InChI=1S/C59H72ClN13O11S2/c1-32(74)50(58(82)71-49(31-86)56(80)67-45(51(63)75)27-35-13-18-36-8-2-3-9-37(36)24-35)72-53(77)44(12-6-7-23-61)66-55(79)47(28-38-29-64-43-11-5-4-10-41(38)43)69-54(78)46(26-34-16-21-40(22-17-34)65-59(83)73-84)68-57(81)48(30-85)70-52(76)42(62)25-33-14-19-39(60)20-15-33/h2-5,8-11,13-22,24,29,32,42,44-50,64,74,84-86H,6-7,12,23,25-28,30-31,61-62H2,1H3,(H2,63,75)(H,66,79)(H,67,80)(H,68,81)(H,69,78)(H,70,76)(H,71,82)(H,72,77)(H2,65,73,83)/t32-,42+,44+,45+,46+,47-,48-,49+,50+/m1/s1. The first kappa shape index (κ1) is 66.9. The fourth-order valence-electron chi connectivity index (χ4n) is 9.29. The number of hydrogen-bond donors (Lipinski definition) is 17. The number of fused-ring (bicyclic) bond motifs is 2. The number of benzene rings is 5. The number of nitrogens with two attached hydrogens (primary N) is 3. The molecule has 6 rings (SSSR count). The monoisotopic (exact) mass is 1240 g/mol. The highest BCUT2D eigenvalue weighted by atomic mass is 35.5. The number of aliphatic hydroxyl groups is 1. The second-order valence-corrected chi connectivity index (χ2v) is 21.7. The number of hydrogen-bond acceptors (Lipinski definition) is 15. The van der Waals surface area contributed by atoms with Gasteiger partial charge in [-0.25, -0.2) is 10.3 Å². The van der Waals surface area contributed by atoms with Crippen LogP contribution in [0.2, 0.25) is 5.02 Å². The van der Waals surface area contributed by atoms with Crippen LogP contribution in [-0.4, -0.2) is 141 Å². The van der Waals surface area contributed by atoms with Crippen molar-refractivity contribution in [3.05, 3.63) is 149 Å². The molecule has 458 valence electrons. The lowest BCUT2D eigenvalue weighted by Crippen LogP contribution is -2.62. The number of amides is 10. The Balaban J connectivity index is 1.23. The van der Waals surface area contributed by atoms with Crippen molar-refractivity contribution in [1.29, 1.82) is 0 Å². The van der Waals surface area contributed by atoms with E-state index in [2.05, 4.69) is 72.8 Å². The number of unbranched alkanes of at least 4 members (excludes halogenated alkanes) is 1. The van der Waals surface area contributed by atoms with Gasteiger partial charge < -0.3 is 69.8 Å². The molecule has 24 nitrogen and oxygen atoms in total. The molecule has 0 spiro atoms. The van der Waals surface area contributed by atoms with Crippen LogP contribution in [0.3, 0.4) is 0 Å². The number of hydroxylamine groups is 1. The highest BCUT2D eigenvalue weighted by Crippen LogP contribution is 2.21. The fraction of sp³-hybridized carbons (Fsp3) is 0.339. The van der Waals surface area contributed by atoms with Gasteiger partial charge in [0, 0.05) is 58.6 Å². The van der Waals surface area contributed by atoms with E-state index < -0.39 is 108 Å². The third kappa shape index (κ3) is 19.7. The maximum Gasteiger partial charge on any atom is 0.342 e. The molecule has 9 atom stereocenters. The van der Waals surface area contributed by atoms with Gasteiger partial charge in [0.05, 0.1) is 12.1 Å². The van der Waals surface area contributed by atoms with Crippen molar-refractivity contribution in [1.82, 2.24) is 47.7 Å². The van der Waals surface area contributed by atoms with Gasteiger partial charge in [0.25, 0.3) is 0 Å². The number of aromatic nitrogens is 1. The van der Waals surface area contributed by atoms with Gasteiger partial charge in [0.1, 0.15) is 42.3 Å². The second kappa shape index (κ2) is 32.9. The Labute approximate surface area is 511 Å². The van der Waals surface area contributed by atoms with Crippen molar-refractivity contribution in [3.8, 4) is 0 Å². The van der Waals surface area contributed by atoms with Crippen molar-refractivity contribution in [2.24, 2.45) is 17.2 Å². The molecule has 1 heterocycles. The van der Waals surface area contributed by atoms with Gasteiger partial charge in [0.15, 0.2) is 0 Å². The van der Waals surface area contributed by atoms with Gasteiger partial charge in [-0.1, -0.05) is 96.5 Å². The van der Waals surface area contributed by atoms with E-state index in [4.69, 9.17) is 34.0 Å². The van der Waals surface area contributed by atoms with E-state index in [0.29, 0.717) is 44.6 Å². The quantitative estimate of drug-likeness (QED) is 0.0127. The maximum atomic E-state index is 14.9. The number of aliphatic hydroxyl groups excluding tert-OH is 1. The molecule has 0 bridgehead atoms. The van der Waals surface area contributed by atoms with E-state index in [1.165, 1.54) is 36.7 Å². The number of primary amides is 1. The van der Waals surface area contributed by atoms with Gasteiger partial charge >= 0.3 is 6.03 Å². The summed E-state index contributed by atoms with van der Waals surface area (Å²) in [5.74, 6) is -7.45. The van der Waals surface area contributed by atoms with E-state index in [0.717, 1.165) is 10.8 Å². The topological polar surface area (TPSA) is 396 Å². The van der Waals surface area contributed by atoms with Crippen LogP contribution < -0.4 is 65.2 Å². The molecule has 5 aromatic carbocycles. The lowest BCUT2D eigenvalue weighted by Gasteiger charge is -2.28.